The van der Waals surface area contributed by atoms with Crippen LogP contribution in [0.4, 0.5) is 10.1 Å². The minimum atomic E-state index is -0.509. The van der Waals surface area contributed by atoms with Gasteiger partial charge in [0.25, 0.3) is 0 Å². The molecule has 0 atom stereocenters. The SMILES string of the molecule is CCn1c(CC2CCCCC2)nnc1SCC(=O)Nc1ccc(F)c(Cl)c1. The van der Waals surface area contributed by atoms with Gasteiger partial charge in [0.15, 0.2) is 5.16 Å². The van der Waals surface area contributed by atoms with E-state index in [2.05, 4.69) is 27.0 Å². The lowest BCUT2D eigenvalue weighted by Crippen LogP contribution is -2.15. The molecule has 1 N–H and O–H groups in total. The summed E-state index contributed by atoms with van der Waals surface area (Å²) in [4.78, 5) is 12.2. The van der Waals surface area contributed by atoms with E-state index in [1.807, 2.05) is 0 Å². The van der Waals surface area contributed by atoms with Crippen LogP contribution in [-0.4, -0.2) is 26.4 Å². The van der Waals surface area contributed by atoms with Crippen molar-refractivity contribution in [3.05, 3.63) is 34.9 Å². The summed E-state index contributed by atoms with van der Waals surface area (Å²) >= 11 is 7.10. The highest BCUT2D eigenvalue weighted by Gasteiger charge is 2.19. The van der Waals surface area contributed by atoms with Crippen molar-refractivity contribution >= 4 is 35.0 Å². The number of rotatable bonds is 7. The van der Waals surface area contributed by atoms with E-state index in [0.29, 0.717) is 11.6 Å². The Kier molecular flexibility index (Phi) is 7.13. The lowest BCUT2D eigenvalue weighted by Gasteiger charge is -2.21. The Bertz CT molecular complexity index is 792. The average molecular weight is 411 g/mol. The number of hydrogen-bond donors (Lipinski definition) is 1. The van der Waals surface area contributed by atoms with E-state index >= 15 is 0 Å². The fourth-order valence-corrected chi connectivity index (χ4v) is 4.45. The van der Waals surface area contributed by atoms with E-state index in [9.17, 15) is 9.18 Å². The zero-order valence-corrected chi connectivity index (χ0v) is 17.0. The minimum Gasteiger partial charge on any atom is -0.325 e. The molecule has 1 fully saturated rings. The first-order valence-corrected chi connectivity index (χ1v) is 10.7. The third-order valence-corrected chi connectivity index (χ3v) is 6.10. The summed E-state index contributed by atoms with van der Waals surface area (Å²) < 4.78 is 15.3. The number of nitrogens with one attached hydrogen (secondary N) is 1. The zero-order chi connectivity index (χ0) is 19.2. The molecule has 27 heavy (non-hydrogen) atoms. The number of carbonyl (C=O) groups excluding carboxylic acids is 1. The summed E-state index contributed by atoms with van der Waals surface area (Å²) in [5, 5.41) is 12.1. The first kappa shape index (κ1) is 20.1. The average Bonchev–Trinajstić information content (AvgIpc) is 3.05. The van der Waals surface area contributed by atoms with Gasteiger partial charge in [-0.15, -0.1) is 10.2 Å². The van der Waals surface area contributed by atoms with Gasteiger partial charge in [-0.05, 0) is 31.0 Å². The second-order valence-corrected chi connectivity index (χ2v) is 8.17. The highest BCUT2D eigenvalue weighted by Crippen LogP contribution is 2.28. The summed E-state index contributed by atoms with van der Waals surface area (Å²) in [5.41, 5.74) is 0.474. The van der Waals surface area contributed by atoms with Gasteiger partial charge in [-0.3, -0.25) is 4.79 Å². The molecule has 5 nitrogen and oxygen atoms in total. The first-order chi connectivity index (χ1) is 13.1. The van der Waals surface area contributed by atoms with Gasteiger partial charge in [-0.1, -0.05) is 55.5 Å². The van der Waals surface area contributed by atoms with Crippen molar-refractivity contribution in [1.82, 2.24) is 14.8 Å². The highest BCUT2D eigenvalue weighted by atomic mass is 35.5. The highest BCUT2D eigenvalue weighted by molar-refractivity contribution is 7.99. The molecule has 1 saturated carbocycles. The number of benzene rings is 1. The maximum atomic E-state index is 13.2. The van der Waals surface area contributed by atoms with Gasteiger partial charge in [0, 0.05) is 18.7 Å². The van der Waals surface area contributed by atoms with E-state index in [0.717, 1.165) is 23.9 Å². The number of thioether (sulfide) groups is 1. The molecule has 0 unspecified atom stereocenters. The Labute approximate surface area is 168 Å². The molecule has 1 aliphatic rings. The van der Waals surface area contributed by atoms with E-state index in [1.54, 1.807) is 0 Å². The van der Waals surface area contributed by atoms with Crippen molar-refractivity contribution in [1.29, 1.82) is 0 Å². The molecule has 0 spiro atoms. The van der Waals surface area contributed by atoms with Crippen LogP contribution in [0, 0.1) is 11.7 Å². The number of aromatic nitrogens is 3. The van der Waals surface area contributed by atoms with Crippen LogP contribution in [-0.2, 0) is 17.8 Å². The van der Waals surface area contributed by atoms with Crippen LogP contribution in [0.1, 0.15) is 44.9 Å². The number of carbonyl (C=O) groups is 1. The Hall–Kier alpha value is -1.60. The molecule has 1 aromatic heterocycles. The van der Waals surface area contributed by atoms with Crippen molar-refractivity contribution in [2.75, 3.05) is 11.1 Å². The maximum Gasteiger partial charge on any atom is 0.234 e. The third kappa shape index (κ3) is 5.45. The fourth-order valence-electron chi connectivity index (χ4n) is 3.44. The summed E-state index contributed by atoms with van der Waals surface area (Å²) in [7, 11) is 0. The lowest BCUT2D eigenvalue weighted by atomic mass is 9.87. The summed E-state index contributed by atoms with van der Waals surface area (Å²) in [6.45, 7) is 2.85. The minimum absolute atomic E-state index is 0.0152. The molecule has 8 heteroatoms. The molecule has 3 rings (SSSR count). The van der Waals surface area contributed by atoms with Crippen LogP contribution in [0.3, 0.4) is 0 Å². The van der Waals surface area contributed by atoms with Gasteiger partial charge >= 0.3 is 0 Å². The van der Waals surface area contributed by atoms with E-state index < -0.39 is 5.82 Å². The van der Waals surface area contributed by atoms with Gasteiger partial charge in [-0.2, -0.15) is 0 Å². The summed E-state index contributed by atoms with van der Waals surface area (Å²) in [5.74, 6) is 1.21. The van der Waals surface area contributed by atoms with Crippen molar-refractivity contribution in [3.8, 4) is 0 Å². The van der Waals surface area contributed by atoms with Crippen molar-refractivity contribution < 1.29 is 9.18 Å². The number of halogens is 2. The maximum absolute atomic E-state index is 13.2. The fraction of sp³-hybridized carbons (Fsp3) is 0.526. The second-order valence-electron chi connectivity index (χ2n) is 6.82. The first-order valence-electron chi connectivity index (χ1n) is 9.36. The molecule has 1 aromatic carbocycles. The molecule has 1 amide bonds. The molecular weight excluding hydrogens is 387 g/mol. The van der Waals surface area contributed by atoms with Crippen LogP contribution < -0.4 is 5.32 Å². The molecule has 146 valence electrons. The lowest BCUT2D eigenvalue weighted by molar-refractivity contribution is -0.113. The Balaban J connectivity index is 1.56. The number of amides is 1. The second kappa shape index (κ2) is 9.55. The quantitative estimate of drug-likeness (QED) is 0.656. The molecule has 0 bridgehead atoms. The van der Waals surface area contributed by atoms with Crippen molar-refractivity contribution in [2.45, 2.75) is 57.1 Å². The molecule has 0 aliphatic heterocycles. The van der Waals surface area contributed by atoms with Crippen LogP contribution in [0.2, 0.25) is 5.02 Å². The van der Waals surface area contributed by atoms with E-state index in [4.69, 9.17) is 11.6 Å². The number of anilines is 1. The van der Waals surface area contributed by atoms with Crippen molar-refractivity contribution in [2.24, 2.45) is 5.92 Å². The molecule has 1 aliphatic carbocycles. The van der Waals surface area contributed by atoms with Crippen LogP contribution in [0.25, 0.3) is 0 Å². The molecule has 1 heterocycles. The molecule has 0 saturated heterocycles. The van der Waals surface area contributed by atoms with Gasteiger partial charge in [0.05, 0.1) is 10.8 Å². The van der Waals surface area contributed by atoms with Crippen LogP contribution >= 0.6 is 23.4 Å². The Morgan fingerprint density at radius 2 is 2.11 bits per heavy atom. The van der Waals surface area contributed by atoms with E-state index in [-0.39, 0.29) is 16.7 Å². The molecule has 0 radical (unpaired) electrons. The predicted molar refractivity (Wildman–Crippen MR) is 107 cm³/mol. The van der Waals surface area contributed by atoms with Crippen LogP contribution in [0.5, 0.6) is 0 Å². The van der Waals surface area contributed by atoms with Gasteiger partial charge < -0.3 is 9.88 Å². The number of hydrogen-bond acceptors (Lipinski definition) is 4. The number of nitrogens with zero attached hydrogens (tertiary/aromatic N) is 3. The standard InChI is InChI=1S/C19H24ClFN4OS/c1-2-25-17(10-13-6-4-3-5-7-13)23-24-19(25)27-12-18(26)22-14-8-9-16(21)15(20)11-14/h8-9,11,13H,2-7,10,12H2,1H3,(H,22,26). The largest absolute Gasteiger partial charge is 0.325 e. The summed E-state index contributed by atoms with van der Waals surface area (Å²) in [6, 6.07) is 4.12. The molecular formula is C19H24ClFN4OS. The van der Waals surface area contributed by atoms with Crippen molar-refractivity contribution in [3.63, 3.8) is 0 Å². The van der Waals surface area contributed by atoms with Gasteiger partial charge in [-0.25, -0.2) is 4.39 Å². The zero-order valence-electron chi connectivity index (χ0n) is 15.4. The van der Waals surface area contributed by atoms with Crippen LogP contribution in [0.15, 0.2) is 23.4 Å². The Morgan fingerprint density at radius 1 is 1.33 bits per heavy atom. The molecule has 2 aromatic rings. The Morgan fingerprint density at radius 3 is 2.81 bits per heavy atom. The smallest absolute Gasteiger partial charge is 0.234 e. The summed E-state index contributed by atoms with van der Waals surface area (Å²) in [6.07, 6.45) is 7.44. The predicted octanol–water partition coefficient (Wildman–Crippen LogP) is 4.94. The van der Waals surface area contributed by atoms with Gasteiger partial charge in [0.2, 0.25) is 5.91 Å². The topological polar surface area (TPSA) is 59.8 Å². The van der Waals surface area contributed by atoms with Gasteiger partial charge in [0.1, 0.15) is 11.6 Å². The third-order valence-electron chi connectivity index (χ3n) is 4.84. The monoisotopic (exact) mass is 410 g/mol. The normalized spacial score (nSPS) is 15.1. The van der Waals surface area contributed by atoms with E-state index in [1.165, 1.54) is 62.1 Å².